The van der Waals surface area contributed by atoms with Gasteiger partial charge in [0.15, 0.2) is 0 Å². The van der Waals surface area contributed by atoms with Gasteiger partial charge in [-0.05, 0) is 17.5 Å². The molecule has 0 radical (unpaired) electrons. The van der Waals surface area contributed by atoms with Gasteiger partial charge in [-0.25, -0.2) is 0 Å². The molecular formula is C26H34NO3+. The van der Waals surface area contributed by atoms with Gasteiger partial charge in [0.25, 0.3) is 0 Å². The van der Waals surface area contributed by atoms with E-state index in [1.165, 1.54) is 24.0 Å². The molecule has 2 aliphatic rings. The van der Waals surface area contributed by atoms with Gasteiger partial charge < -0.3 is 14.3 Å². The predicted octanol–water partition coefficient (Wildman–Crippen LogP) is 4.21. The maximum absolute atomic E-state index is 12.8. The van der Waals surface area contributed by atoms with Crippen molar-refractivity contribution in [2.45, 2.75) is 69.7 Å². The normalized spacial score (nSPS) is 28.8. The van der Waals surface area contributed by atoms with Crippen LogP contribution < -0.4 is 0 Å². The molecule has 2 aromatic carbocycles. The first-order chi connectivity index (χ1) is 14.5. The van der Waals surface area contributed by atoms with Crippen molar-refractivity contribution in [1.29, 1.82) is 0 Å². The van der Waals surface area contributed by atoms with Crippen molar-refractivity contribution >= 4 is 5.97 Å². The highest BCUT2D eigenvalue weighted by Crippen LogP contribution is 2.43. The zero-order valence-corrected chi connectivity index (χ0v) is 18.2. The Morgan fingerprint density at radius 3 is 2.20 bits per heavy atom. The molecule has 0 saturated carbocycles. The Morgan fingerprint density at radius 1 is 1.03 bits per heavy atom. The number of carbonyl (C=O) groups is 1. The summed E-state index contributed by atoms with van der Waals surface area (Å²) in [6.07, 6.45) is 5.26. The Morgan fingerprint density at radius 2 is 1.63 bits per heavy atom. The number of nitrogens with zero attached hydrogens (tertiary/aromatic N) is 1. The van der Waals surface area contributed by atoms with E-state index in [0.717, 1.165) is 35.9 Å². The Hall–Kier alpha value is -2.17. The first-order valence-electron chi connectivity index (χ1n) is 11.3. The lowest BCUT2D eigenvalue weighted by Gasteiger charge is -2.47. The second-order valence-electron chi connectivity index (χ2n) is 9.24. The molecule has 4 nitrogen and oxygen atoms in total. The van der Waals surface area contributed by atoms with Gasteiger partial charge in [0, 0.05) is 31.2 Å². The maximum atomic E-state index is 12.8. The van der Waals surface area contributed by atoms with Crippen molar-refractivity contribution < 1.29 is 19.1 Å². The molecule has 3 unspecified atom stereocenters. The minimum absolute atomic E-state index is 0.0403. The van der Waals surface area contributed by atoms with Gasteiger partial charge >= 0.3 is 5.97 Å². The number of esters is 1. The summed E-state index contributed by atoms with van der Waals surface area (Å²) in [4.78, 5) is 12.8. The van der Waals surface area contributed by atoms with Crippen molar-refractivity contribution in [2.75, 3.05) is 13.7 Å². The van der Waals surface area contributed by atoms with Crippen LogP contribution in [-0.4, -0.2) is 47.4 Å². The third-order valence-corrected chi connectivity index (χ3v) is 7.48. The molecule has 0 aromatic heterocycles. The van der Waals surface area contributed by atoms with Crippen LogP contribution in [0.1, 0.15) is 55.2 Å². The van der Waals surface area contributed by atoms with E-state index in [0.29, 0.717) is 12.1 Å². The van der Waals surface area contributed by atoms with E-state index < -0.39 is 5.92 Å². The van der Waals surface area contributed by atoms with Crippen LogP contribution in [0.4, 0.5) is 0 Å². The molecule has 4 heteroatoms. The van der Waals surface area contributed by atoms with E-state index in [1.807, 2.05) is 30.3 Å². The van der Waals surface area contributed by atoms with E-state index in [1.54, 1.807) is 0 Å². The van der Waals surface area contributed by atoms with Crippen LogP contribution in [0, 0.1) is 0 Å². The average Bonchev–Trinajstić information content (AvgIpc) is 2.92. The van der Waals surface area contributed by atoms with E-state index in [4.69, 9.17) is 4.74 Å². The molecule has 0 spiro atoms. The molecular weight excluding hydrogens is 374 g/mol. The smallest absolute Gasteiger partial charge is 0.316 e. The van der Waals surface area contributed by atoms with Crippen LogP contribution in [-0.2, 0) is 22.5 Å². The molecule has 1 N–H and O–H groups in total. The third-order valence-electron chi connectivity index (χ3n) is 7.48. The Bertz CT molecular complexity index is 834. The number of aryl methyl sites for hydroxylation is 1. The van der Waals surface area contributed by atoms with E-state index >= 15 is 0 Å². The summed E-state index contributed by atoms with van der Waals surface area (Å²) in [6.45, 7) is 3.02. The zero-order chi connectivity index (χ0) is 21.1. The number of rotatable bonds is 7. The summed E-state index contributed by atoms with van der Waals surface area (Å²) < 4.78 is 7.00. The fourth-order valence-electron chi connectivity index (χ4n) is 5.57. The fourth-order valence-corrected chi connectivity index (χ4v) is 5.57. The number of aliphatic hydroxyl groups excluding tert-OH is 1. The number of ether oxygens (including phenoxy) is 1. The second-order valence-corrected chi connectivity index (χ2v) is 9.24. The number of benzene rings is 2. The number of hydrogen-bond acceptors (Lipinski definition) is 3. The fraction of sp³-hybridized carbons (Fsp3) is 0.500. The van der Waals surface area contributed by atoms with Crippen molar-refractivity contribution in [1.82, 2.24) is 0 Å². The summed E-state index contributed by atoms with van der Waals surface area (Å²) in [5, 5.41) is 9.78. The largest absolute Gasteiger partial charge is 0.461 e. The lowest BCUT2D eigenvalue weighted by atomic mass is 9.94. The van der Waals surface area contributed by atoms with Crippen molar-refractivity contribution in [3.8, 4) is 0 Å². The van der Waals surface area contributed by atoms with Crippen molar-refractivity contribution in [3.63, 3.8) is 0 Å². The predicted molar refractivity (Wildman–Crippen MR) is 118 cm³/mol. The van der Waals surface area contributed by atoms with E-state index in [9.17, 15) is 9.90 Å². The summed E-state index contributed by atoms with van der Waals surface area (Å²) >= 11 is 0. The molecule has 2 aliphatic heterocycles. The van der Waals surface area contributed by atoms with Crippen LogP contribution >= 0.6 is 0 Å². The quantitative estimate of drug-likeness (QED) is 0.551. The van der Waals surface area contributed by atoms with Crippen LogP contribution in [0.15, 0.2) is 54.6 Å². The second kappa shape index (κ2) is 8.91. The lowest BCUT2D eigenvalue weighted by Crippen LogP contribution is -2.58. The molecule has 2 bridgehead atoms. The standard InChI is InChI=1S/C26H34NO3/c1-3-19-9-11-20(12-10-19)17-27(2)22-13-14-23(27)16-24(15-22)30-26(29)25(18-28)21-7-5-4-6-8-21/h4-12,22-25,28H,3,13-18H2,1-2H3/q+1. The molecule has 0 amide bonds. The topological polar surface area (TPSA) is 46.5 Å². The van der Waals surface area contributed by atoms with Gasteiger partial charge in [0.1, 0.15) is 18.6 Å². The van der Waals surface area contributed by atoms with Crippen LogP contribution in [0.25, 0.3) is 0 Å². The Kier molecular flexibility index (Phi) is 6.26. The first kappa shape index (κ1) is 21.1. The molecule has 2 aromatic rings. The molecule has 2 fully saturated rings. The summed E-state index contributed by atoms with van der Waals surface area (Å²) in [6, 6.07) is 19.6. The lowest BCUT2D eigenvalue weighted by molar-refractivity contribution is -0.961. The summed E-state index contributed by atoms with van der Waals surface area (Å²) in [5.41, 5.74) is 3.60. The highest BCUT2D eigenvalue weighted by Gasteiger charge is 2.52. The zero-order valence-electron chi connectivity index (χ0n) is 18.2. The molecule has 160 valence electrons. The number of quaternary nitrogens is 1. The highest BCUT2D eigenvalue weighted by atomic mass is 16.5. The molecule has 30 heavy (non-hydrogen) atoms. The summed E-state index contributed by atoms with van der Waals surface area (Å²) in [5.74, 6) is -0.886. The molecule has 0 aliphatic carbocycles. The van der Waals surface area contributed by atoms with Gasteiger partial charge in [0.05, 0.1) is 25.7 Å². The number of piperidine rings is 1. The molecule has 4 rings (SSSR count). The Balaban J connectivity index is 1.41. The average molecular weight is 409 g/mol. The third kappa shape index (κ3) is 4.17. The van der Waals surface area contributed by atoms with E-state index in [2.05, 4.69) is 38.2 Å². The number of fused-ring (bicyclic) bond motifs is 2. The number of aliphatic hydroxyl groups is 1. The van der Waals surface area contributed by atoms with Gasteiger partial charge in [-0.1, -0.05) is 61.5 Å². The van der Waals surface area contributed by atoms with Gasteiger partial charge in [-0.15, -0.1) is 0 Å². The minimum Gasteiger partial charge on any atom is -0.461 e. The number of carbonyl (C=O) groups excluding carboxylic acids is 1. The first-order valence-corrected chi connectivity index (χ1v) is 11.3. The van der Waals surface area contributed by atoms with Gasteiger partial charge in [-0.2, -0.15) is 0 Å². The minimum atomic E-state index is -0.594. The maximum Gasteiger partial charge on any atom is 0.316 e. The number of hydrogen-bond donors (Lipinski definition) is 1. The monoisotopic (exact) mass is 408 g/mol. The molecule has 2 saturated heterocycles. The van der Waals surface area contributed by atoms with Gasteiger partial charge in [0.2, 0.25) is 0 Å². The van der Waals surface area contributed by atoms with Crippen molar-refractivity contribution in [2.24, 2.45) is 0 Å². The molecule has 3 atom stereocenters. The van der Waals surface area contributed by atoms with Gasteiger partial charge in [-0.3, -0.25) is 4.79 Å². The molecule has 2 heterocycles. The SMILES string of the molecule is CCc1ccc(C[N+]2(C)C3CCC2CC(OC(=O)C(CO)c2ccccc2)C3)cc1. The van der Waals surface area contributed by atoms with E-state index in [-0.39, 0.29) is 18.7 Å². The van der Waals surface area contributed by atoms with Crippen LogP contribution in [0.2, 0.25) is 0 Å². The van der Waals surface area contributed by atoms with Crippen LogP contribution in [0.3, 0.4) is 0 Å². The van der Waals surface area contributed by atoms with Crippen molar-refractivity contribution in [3.05, 3.63) is 71.3 Å². The highest BCUT2D eigenvalue weighted by molar-refractivity contribution is 5.78. The summed E-state index contributed by atoms with van der Waals surface area (Å²) in [7, 11) is 2.38. The Labute approximate surface area is 180 Å². The van der Waals surface area contributed by atoms with Crippen LogP contribution in [0.5, 0.6) is 0 Å².